The summed E-state index contributed by atoms with van der Waals surface area (Å²) >= 11 is 0. The second-order valence-corrected chi connectivity index (χ2v) is 7.77. The summed E-state index contributed by atoms with van der Waals surface area (Å²) in [5.41, 5.74) is 2.31. The summed E-state index contributed by atoms with van der Waals surface area (Å²) in [5.74, 6) is 1.77. The van der Waals surface area contributed by atoms with E-state index in [0.29, 0.717) is 6.61 Å². The molecule has 1 fully saturated rings. The van der Waals surface area contributed by atoms with E-state index < -0.39 is 0 Å². The lowest BCUT2D eigenvalue weighted by atomic mass is 9.84. The van der Waals surface area contributed by atoms with Gasteiger partial charge in [0, 0.05) is 44.4 Å². The van der Waals surface area contributed by atoms with Crippen molar-refractivity contribution in [2.75, 3.05) is 40.4 Å². The first kappa shape index (κ1) is 23.5. The fourth-order valence-corrected chi connectivity index (χ4v) is 3.43. The molecule has 0 bridgehead atoms. The van der Waals surface area contributed by atoms with E-state index in [1.54, 1.807) is 7.11 Å². The van der Waals surface area contributed by atoms with Crippen molar-refractivity contribution in [3.63, 3.8) is 0 Å². The van der Waals surface area contributed by atoms with Crippen molar-refractivity contribution in [2.45, 2.75) is 25.4 Å². The number of benzene rings is 1. The van der Waals surface area contributed by atoms with Crippen molar-refractivity contribution in [1.82, 2.24) is 20.0 Å². The van der Waals surface area contributed by atoms with Crippen LogP contribution in [0.15, 0.2) is 41.7 Å². The second-order valence-electron chi connectivity index (χ2n) is 7.77. The topological polar surface area (TPSA) is 63.9 Å². The van der Waals surface area contributed by atoms with Gasteiger partial charge >= 0.3 is 0 Å². The third kappa shape index (κ3) is 5.85. The molecule has 2 aromatic rings. The summed E-state index contributed by atoms with van der Waals surface area (Å²) in [6.07, 6.45) is 3.89. The van der Waals surface area contributed by atoms with E-state index in [9.17, 15) is 0 Å². The largest absolute Gasteiger partial charge is 0.497 e. The number of aliphatic imine (C=N–C) groups is 1. The Bertz CT molecular complexity index is 804. The molecule has 0 radical (unpaired) electrons. The van der Waals surface area contributed by atoms with E-state index in [4.69, 9.17) is 9.47 Å². The highest BCUT2D eigenvalue weighted by molar-refractivity contribution is 14.0. The van der Waals surface area contributed by atoms with Crippen molar-refractivity contribution < 1.29 is 9.47 Å². The lowest BCUT2D eigenvalue weighted by Crippen LogP contribution is -2.50. The number of methoxy groups -OCH3 is 1. The average molecular weight is 513 g/mol. The van der Waals surface area contributed by atoms with Gasteiger partial charge in [0.25, 0.3) is 0 Å². The van der Waals surface area contributed by atoms with Gasteiger partial charge in [-0.25, -0.2) is 0 Å². The number of hydrogen-bond acceptors (Lipinski definition) is 4. The molecular weight excluding hydrogens is 481 g/mol. The van der Waals surface area contributed by atoms with Crippen molar-refractivity contribution in [1.29, 1.82) is 0 Å². The maximum Gasteiger partial charge on any atom is 0.193 e. The minimum absolute atomic E-state index is 0. The Morgan fingerprint density at radius 1 is 1.34 bits per heavy atom. The van der Waals surface area contributed by atoms with Gasteiger partial charge in [-0.15, -0.1) is 24.0 Å². The van der Waals surface area contributed by atoms with E-state index in [2.05, 4.69) is 46.3 Å². The zero-order chi connectivity index (χ0) is 20.1. The zero-order valence-corrected chi connectivity index (χ0v) is 20.2. The molecule has 0 amide bonds. The number of aryl methyl sites for hydroxylation is 1. The van der Waals surface area contributed by atoms with Crippen molar-refractivity contribution in [3.8, 4) is 5.75 Å². The Morgan fingerprint density at radius 2 is 2.07 bits per heavy atom. The molecule has 1 saturated heterocycles. The number of guanidine groups is 1. The molecule has 1 N–H and O–H groups in total. The monoisotopic (exact) mass is 513 g/mol. The SMILES string of the molecule is CN=C(NCC(C)(C)c1ccc(OC)cc1)N1CCOC(c2cnn(C)c2)C1.I. The quantitative estimate of drug-likeness (QED) is 0.379. The summed E-state index contributed by atoms with van der Waals surface area (Å²) in [7, 11) is 5.44. The predicted octanol–water partition coefficient (Wildman–Crippen LogP) is 2.97. The fourth-order valence-electron chi connectivity index (χ4n) is 3.43. The van der Waals surface area contributed by atoms with Crippen LogP contribution in [0.4, 0.5) is 0 Å². The van der Waals surface area contributed by atoms with Crippen LogP contribution >= 0.6 is 24.0 Å². The number of nitrogens with zero attached hydrogens (tertiary/aromatic N) is 4. The van der Waals surface area contributed by atoms with Crippen LogP contribution in [0.2, 0.25) is 0 Å². The Balaban J connectivity index is 0.00000300. The molecule has 3 rings (SSSR count). The van der Waals surface area contributed by atoms with E-state index in [1.165, 1.54) is 5.56 Å². The van der Waals surface area contributed by atoms with E-state index in [1.807, 2.05) is 43.3 Å². The van der Waals surface area contributed by atoms with E-state index in [-0.39, 0.29) is 35.5 Å². The first-order chi connectivity index (χ1) is 13.4. The molecule has 0 saturated carbocycles. The molecule has 1 aliphatic heterocycles. The van der Waals surface area contributed by atoms with Crippen molar-refractivity contribution in [3.05, 3.63) is 47.8 Å². The van der Waals surface area contributed by atoms with Gasteiger partial charge in [0.1, 0.15) is 11.9 Å². The van der Waals surface area contributed by atoms with Crippen molar-refractivity contribution >= 4 is 29.9 Å². The number of aromatic nitrogens is 2. The zero-order valence-electron chi connectivity index (χ0n) is 17.9. The van der Waals surface area contributed by atoms with Gasteiger partial charge in [0.2, 0.25) is 0 Å². The van der Waals surface area contributed by atoms with Crippen LogP contribution in [0.5, 0.6) is 5.75 Å². The summed E-state index contributed by atoms with van der Waals surface area (Å²) < 4.78 is 13.0. The molecular formula is C21H32IN5O2. The van der Waals surface area contributed by atoms with Gasteiger partial charge in [-0.3, -0.25) is 9.67 Å². The van der Waals surface area contributed by atoms with Gasteiger partial charge < -0.3 is 19.7 Å². The molecule has 0 aliphatic carbocycles. The Morgan fingerprint density at radius 3 is 2.66 bits per heavy atom. The van der Waals surface area contributed by atoms with Gasteiger partial charge in [-0.05, 0) is 17.7 Å². The first-order valence-corrected chi connectivity index (χ1v) is 9.63. The maximum atomic E-state index is 5.95. The molecule has 8 heteroatoms. The van der Waals surface area contributed by atoms with Gasteiger partial charge in [-0.2, -0.15) is 5.10 Å². The molecule has 2 heterocycles. The highest BCUT2D eigenvalue weighted by Gasteiger charge is 2.27. The number of halogens is 1. The number of rotatable bonds is 5. The number of nitrogens with one attached hydrogen (secondary N) is 1. The molecule has 1 aromatic heterocycles. The third-order valence-electron chi connectivity index (χ3n) is 5.23. The van der Waals surface area contributed by atoms with Crippen molar-refractivity contribution in [2.24, 2.45) is 12.0 Å². The van der Waals surface area contributed by atoms with Crippen LogP contribution in [0.3, 0.4) is 0 Å². The van der Waals surface area contributed by atoms with E-state index in [0.717, 1.165) is 36.9 Å². The molecule has 1 unspecified atom stereocenters. The predicted molar refractivity (Wildman–Crippen MR) is 126 cm³/mol. The van der Waals surface area contributed by atoms with Crippen LogP contribution in [0.25, 0.3) is 0 Å². The fraction of sp³-hybridized carbons (Fsp3) is 0.524. The average Bonchev–Trinajstić information content (AvgIpc) is 3.15. The summed E-state index contributed by atoms with van der Waals surface area (Å²) in [4.78, 5) is 6.76. The third-order valence-corrected chi connectivity index (χ3v) is 5.23. The lowest BCUT2D eigenvalue weighted by molar-refractivity contribution is -0.00808. The standard InChI is InChI=1S/C21H31N5O2.HI/c1-21(2,17-6-8-18(27-5)9-7-17)15-23-20(22-3)26-10-11-28-19(14-26)16-12-24-25(4)13-16;/h6-9,12-13,19H,10-11,14-15H2,1-5H3,(H,22,23);1H. The molecule has 0 spiro atoms. The molecule has 1 atom stereocenters. The molecule has 7 nitrogen and oxygen atoms in total. The van der Waals surface area contributed by atoms with Crippen LogP contribution in [-0.2, 0) is 17.2 Å². The minimum atomic E-state index is -0.0444. The summed E-state index contributed by atoms with van der Waals surface area (Å²) in [6.45, 7) is 7.48. The number of ether oxygens (including phenoxy) is 2. The summed E-state index contributed by atoms with van der Waals surface area (Å²) in [5, 5.41) is 7.81. The Kier molecular flexibility index (Phi) is 8.33. The van der Waals surface area contributed by atoms with E-state index >= 15 is 0 Å². The van der Waals surface area contributed by atoms with Gasteiger partial charge in [-0.1, -0.05) is 26.0 Å². The van der Waals surface area contributed by atoms with Crippen LogP contribution in [0.1, 0.15) is 31.1 Å². The second kappa shape index (κ2) is 10.3. The Hall–Kier alpha value is -1.81. The van der Waals surface area contributed by atoms with Gasteiger partial charge in [0.15, 0.2) is 5.96 Å². The van der Waals surface area contributed by atoms with Crippen LogP contribution < -0.4 is 10.1 Å². The highest BCUT2D eigenvalue weighted by Crippen LogP contribution is 2.25. The minimum Gasteiger partial charge on any atom is -0.497 e. The molecule has 29 heavy (non-hydrogen) atoms. The Labute approximate surface area is 190 Å². The molecule has 1 aliphatic rings. The van der Waals surface area contributed by atoms with Crippen LogP contribution in [0, 0.1) is 0 Å². The molecule has 160 valence electrons. The smallest absolute Gasteiger partial charge is 0.193 e. The highest BCUT2D eigenvalue weighted by atomic mass is 127. The number of hydrogen-bond donors (Lipinski definition) is 1. The normalized spacial score (nSPS) is 17.6. The summed E-state index contributed by atoms with van der Waals surface area (Å²) in [6, 6.07) is 8.26. The molecule has 1 aromatic carbocycles. The van der Waals surface area contributed by atoms with Gasteiger partial charge in [0.05, 0.1) is 26.5 Å². The lowest BCUT2D eigenvalue weighted by Gasteiger charge is -2.36. The first-order valence-electron chi connectivity index (χ1n) is 9.63. The maximum absolute atomic E-state index is 5.95. The van der Waals surface area contributed by atoms with Crippen LogP contribution in [-0.4, -0.2) is 61.0 Å². The number of morpholine rings is 1.